The van der Waals surface area contributed by atoms with E-state index < -0.39 is 10.0 Å². The number of benzene rings is 1. The van der Waals surface area contributed by atoms with Gasteiger partial charge < -0.3 is 5.32 Å². The van der Waals surface area contributed by atoms with Gasteiger partial charge in [0.1, 0.15) is 0 Å². The van der Waals surface area contributed by atoms with Crippen LogP contribution in [-0.4, -0.2) is 22.0 Å². The first kappa shape index (κ1) is 14.0. The van der Waals surface area contributed by atoms with Crippen LogP contribution in [0.25, 0.3) is 0 Å². The molecule has 0 aliphatic rings. The van der Waals surface area contributed by atoms with Gasteiger partial charge in [0.2, 0.25) is 10.0 Å². The van der Waals surface area contributed by atoms with E-state index in [9.17, 15) is 8.42 Å². The zero-order valence-electron chi connectivity index (χ0n) is 10.7. The average molecular weight is 256 g/mol. The predicted molar refractivity (Wildman–Crippen MR) is 70.6 cm³/mol. The van der Waals surface area contributed by atoms with E-state index >= 15 is 0 Å². The maximum absolute atomic E-state index is 11.5. The summed E-state index contributed by atoms with van der Waals surface area (Å²) >= 11 is 0. The standard InChI is InChI=1S/C12H20N2O2S/c1-12(2,3)9-14-10-5-7-11(8-6-10)17(15,16)13-4/h5-8,13-14H,9H2,1-4H3. The molecule has 0 aliphatic heterocycles. The minimum atomic E-state index is -3.34. The van der Waals surface area contributed by atoms with Gasteiger partial charge in [-0.2, -0.15) is 0 Å². The molecule has 17 heavy (non-hydrogen) atoms. The van der Waals surface area contributed by atoms with E-state index in [0.717, 1.165) is 12.2 Å². The minimum Gasteiger partial charge on any atom is -0.385 e. The second kappa shape index (κ2) is 5.06. The van der Waals surface area contributed by atoms with Crippen molar-refractivity contribution >= 4 is 15.7 Å². The van der Waals surface area contributed by atoms with Crippen molar-refractivity contribution in [3.05, 3.63) is 24.3 Å². The molecule has 0 fully saturated rings. The summed E-state index contributed by atoms with van der Waals surface area (Å²) in [5.41, 5.74) is 1.12. The van der Waals surface area contributed by atoms with Crippen molar-refractivity contribution < 1.29 is 8.42 Å². The van der Waals surface area contributed by atoms with Crippen molar-refractivity contribution in [3.8, 4) is 0 Å². The van der Waals surface area contributed by atoms with Gasteiger partial charge in [0.25, 0.3) is 0 Å². The molecule has 0 aromatic heterocycles. The smallest absolute Gasteiger partial charge is 0.240 e. The Morgan fingerprint density at radius 1 is 1.12 bits per heavy atom. The lowest BCUT2D eigenvalue weighted by Gasteiger charge is -2.19. The van der Waals surface area contributed by atoms with Gasteiger partial charge in [0.15, 0.2) is 0 Å². The number of rotatable bonds is 4. The Morgan fingerprint density at radius 2 is 1.65 bits per heavy atom. The summed E-state index contributed by atoms with van der Waals surface area (Å²) in [6.45, 7) is 7.25. The number of nitrogens with one attached hydrogen (secondary N) is 2. The summed E-state index contributed by atoms with van der Waals surface area (Å²) in [5, 5.41) is 3.27. The molecule has 0 aliphatic carbocycles. The maximum atomic E-state index is 11.5. The largest absolute Gasteiger partial charge is 0.385 e. The number of hydrogen-bond acceptors (Lipinski definition) is 3. The van der Waals surface area contributed by atoms with Crippen molar-refractivity contribution in [1.82, 2.24) is 4.72 Å². The van der Waals surface area contributed by atoms with Crippen LogP contribution in [-0.2, 0) is 10.0 Å². The second-order valence-corrected chi connectivity index (χ2v) is 7.03. The van der Waals surface area contributed by atoms with Gasteiger partial charge >= 0.3 is 0 Å². The van der Waals surface area contributed by atoms with E-state index in [2.05, 4.69) is 30.8 Å². The van der Waals surface area contributed by atoms with Gasteiger partial charge in [-0.3, -0.25) is 0 Å². The van der Waals surface area contributed by atoms with Crippen molar-refractivity contribution in [2.75, 3.05) is 18.9 Å². The van der Waals surface area contributed by atoms with E-state index in [0.29, 0.717) is 0 Å². The molecule has 0 heterocycles. The minimum absolute atomic E-state index is 0.190. The topological polar surface area (TPSA) is 58.2 Å². The molecule has 0 atom stereocenters. The second-order valence-electron chi connectivity index (χ2n) is 5.15. The first-order valence-electron chi connectivity index (χ1n) is 5.52. The van der Waals surface area contributed by atoms with Crippen molar-refractivity contribution in [1.29, 1.82) is 0 Å². The third kappa shape index (κ3) is 4.36. The monoisotopic (exact) mass is 256 g/mol. The maximum Gasteiger partial charge on any atom is 0.240 e. The molecule has 4 nitrogen and oxygen atoms in total. The Labute approximate surface area is 103 Å². The van der Waals surface area contributed by atoms with Gasteiger partial charge in [-0.05, 0) is 36.7 Å². The normalized spacial score (nSPS) is 12.5. The Morgan fingerprint density at radius 3 is 2.06 bits per heavy atom. The summed E-state index contributed by atoms with van der Waals surface area (Å²) in [6.07, 6.45) is 0. The summed E-state index contributed by atoms with van der Waals surface area (Å²) in [5.74, 6) is 0. The fourth-order valence-corrected chi connectivity index (χ4v) is 1.97. The highest BCUT2D eigenvalue weighted by molar-refractivity contribution is 7.89. The molecule has 0 saturated carbocycles. The molecule has 0 spiro atoms. The molecule has 1 aromatic rings. The summed E-state index contributed by atoms with van der Waals surface area (Å²) in [6, 6.07) is 6.74. The van der Waals surface area contributed by atoms with Crippen LogP contribution in [0.15, 0.2) is 29.2 Å². The molecule has 1 rings (SSSR count). The molecule has 1 aromatic carbocycles. The van der Waals surface area contributed by atoms with Gasteiger partial charge in [-0.15, -0.1) is 0 Å². The SMILES string of the molecule is CNS(=O)(=O)c1ccc(NCC(C)(C)C)cc1. The van der Waals surface area contributed by atoms with Crippen LogP contribution in [0.1, 0.15) is 20.8 Å². The molecular weight excluding hydrogens is 236 g/mol. The van der Waals surface area contributed by atoms with Crippen LogP contribution in [0.5, 0.6) is 0 Å². The van der Waals surface area contributed by atoms with Gasteiger partial charge in [-0.25, -0.2) is 13.1 Å². The molecule has 5 heteroatoms. The van der Waals surface area contributed by atoms with Gasteiger partial charge in [0.05, 0.1) is 4.90 Å². The van der Waals surface area contributed by atoms with Crippen LogP contribution >= 0.6 is 0 Å². The molecular formula is C12H20N2O2S. The Kier molecular flexibility index (Phi) is 4.16. The Balaban J connectivity index is 2.76. The van der Waals surface area contributed by atoms with Crippen molar-refractivity contribution in [2.45, 2.75) is 25.7 Å². The molecule has 0 radical (unpaired) electrons. The van der Waals surface area contributed by atoms with Crippen LogP contribution in [0.2, 0.25) is 0 Å². The highest BCUT2D eigenvalue weighted by atomic mass is 32.2. The first-order valence-corrected chi connectivity index (χ1v) is 7.00. The Bertz CT molecular complexity index is 458. The van der Waals surface area contributed by atoms with Crippen molar-refractivity contribution in [3.63, 3.8) is 0 Å². The molecule has 0 saturated heterocycles. The van der Waals surface area contributed by atoms with E-state index in [1.165, 1.54) is 7.05 Å². The fraction of sp³-hybridized carbons (Fsp3) is 0.500. The number of hydrogen-bond donors (Lipinski definition) is 2. The van der Waals surface area contributed by atoms with Crippen LogP contribution in [0.4, 0.5) is 5.69 Å². The zero-order valence-corrected chi connectivity index (χ0v) is 11.6. The third-order valence-corrected chi connectivity index (χ3v) is 3.69. The average Bonchev–Trinajstić information content (AvgIpc) is 2.26. The molecule has 0 amide bonds. The van der Waals surface area contributed by atoms with Crippen LogP contribution < -0.4 is 10.0 Å². The van der Waals surface area contributed by atoms with E-state index in [-0.39, 0.29) is 10.3 Å². The lowest BCUT2D eigenvalue weighted by molar-refractivity contribution is 0.443. The van der Waals surface area contributed by atoms with E-state index in [1.54, 1.807) is 24.3 Å². The van der Waals surface area contributed by atoms with Gasteiger partial charge in [-0.1, -0.05) is 20.8 Å². The Hall–Kier alpha value is -1.07. The fourth-order valence-electron chi connectivity index (χ4n) is 1.24. The lowest BCUT2D eigenvalue weighted by atomic mass is 9.97. The lowest BCUT2D eigenvalue weighted by Crippen LogP contribution is -2.20. The third-order valence-electron chi connectivity index (χ3n) is 2.26. The molecule has 2 N–H and O–H groups in total. The predicted octanol–water partition coefficient (Wildman–Crippen LogP) is 2.05. The van der Waals surface area contributed by atoms with Crippen LogP contribution in [0, 0.1) is 5.41 Å². The quantitative estimate of drug-likeness (QED) is 0.867. The summed E-state index contributed by atoms with van der Waals surface area (Å²) in [4.78, 5) is 0.279. The van der Waals surface area contributed by atoms with Crippen molar-refractivity contribution in [2.24, 2.45) is 5.41 Å². The van der Waals surface area contributed by atoms with Gasteiger partial charge in [0, 0.05) is 12.2 Å². The molecule has 96 valence electrons. The highest BCUT2D eigenvalue weighted by Crippen LogP contribution is 2.17. The summed E-state index contributed by atoms with van der Waals surface area (Å²) in [7, 11) is -1.93. The first-order chi connectivity index (χ1) is 7.74. The van der Waals surface area contributed by atoms with E-state index in [4.69, 9.17) is 0 Å². The van der Waals surface area contributed by atoms with Crippen LogP contribution in [0.3, 0.4) is 0 Å². The zero-order chi connectivity index (χ0) is 13.1. The summed E-state index contributed by atoms with van der Waals surface area (Å²) < 4.78 is 25.3. The number of anilines is 1. The van der Waals surface area contributed by atoms with E-state index in [1.807, 2.05) is 0 Å². The molecule has 0 unspecified atom stereocenters. The number of sulfonamides is 1. The highest BCUT2D eigenvalue weighted by Gasteiger charge is 2.12. The molecule has 0 bridgehead atoms.